The molecular weight excluding hydrogens is 548 g/mol. The van der Waals surface area contributed by atoms with Gasteiger partial charge in [0, 0.05) is 17.6 Å². The third kappa shape index (κ3) is 5.23. The highest BCUT2D eigenvalue weighted by Crippen LogP contribution is 2.26. The van der Waals surface area contributed by atoms with Crippen molar-refractivity contribution in [1.29, 1.82) is 0 Å². The Hall–Kier alpha value is -3.51. The van der Waals surface area contributed by atoms with Gasteiger partial charge in [-0.05, 0) is 61.0 Å². The third-order valence-corrected chi connectivity index (χ3v) is 8.99. The number of benzene rings is 3. The zero-order chi connectivity index (χ0) is 26.9. The Morgan fingerprint density at radius 3 is 2.61 bits per heavy atom. The second-order valence-electron chi connectivity index (χ2n) is 8.41. The molecule has 5 aromatic rings. The van der Waals surface area contributed by atoms with E-state index < -0.39 is 10.0 Å². The molecule has 5 rings (SSSR count). The molecule has 0 saturated carbocycles. The van der Waals surface area contributed by atoms with E-state index in [0.717, 1.165) is 32.5 Å². The van der Waals surface area contributed by atoms with Gasteiger partial charge in [-0.15, -0.1) is 0 Å². The molecule has 38 heavy (non-hydrogen) atoms. The van der Waals surface area contributed by atoms with Gasteiger partial charge in [0.1, 0.15) is 5.75 Å². The van der Waals surface area contributed by atoms with E-state index >= 15 is 0 Å². The van der Waals surface area contributed by atoms with Crippen molar-refractivity contribution in [1.82, 2.24) is 19.0 Å². The summed E-state index contributed by atoms with van der Waals surface area (Å²) in [5.41, 5.74) is 2.16. The standard InChI is InChI=1S/C26H23ClN4O5S2/c1-3-35-19-10-8-17(9-11-19)25-28-24(36-29-25)16-30(2)38(33,34)20-12-13-22-23(14-20)37-26(32)31(22)15-18-6-4-5-7-21(18)27/h4-14H,3,15-16H2,1-2H3. The third-order valence-electron chi connectivity index (χ3n) is 5.88. The van der Waals surface area contributed by atoms with E-state index in [1.165, 1.54) is 19.2 Å². The number of thiazole rings is 1. The van der Waals surface area contributed by atoms with Crippen LogP contribution in [0.4, 0.5) is 0 Å². The molecule has 0 atom stereocenters. The summed E-state index contributed by atoms with van der Waals surface area (Å²) in [5, 5.41) is 4.53. The normalized spacial score (nSPS) is 11.9. The number of ether oxygens (including phenoxy) is 1. The van der Waals surface area contributed by atoms with Crippen molar-refractivity contribution < 1.29 is 17.7 Å². The van der Waals surface area contributed by atoms with E-state index in [1.54, 1.807) is 41.0 Å². The van der Waals surface area contributed by atoms with Crippen LogP contribution in [0.25, 0.3) is 21.6 Å². The Morgan fingerprint density at radius 1 is 1.11 bits per heavy atom. The summed E-state index contributed by atoms with van der Waals surface area (Å²) in [6.07, 6.45) is 0. The molecule has 0 fully saturated rings. The van der Waals surface area contributed by atoms with Crippen LogP contribution >= 0.6 is 22.9 Å². The minimum Gasteiger partial charge on any atom is -0.494 e. The van der Waals surface area contributed by atoms with Crippen LogP contribution in [-0.4, -0.2) is 41.1 Å². The average Bonchev–Trinajstić information content (AvgIpc) is 3.49. The fraction of sp³-hybridized carbons (Fsp3) is 0.192. The van der Waals surface area contributed by atoms with Crippen molar-refractivity contribution in [2.75, 3.05) is 13.7 Å². The number of hydrogen-bond donors (Lipinski definition) is 0. The Morgan fingerprint density at radius 2 is 1.87 bits per heavy atom. The van der Waals surface area contributed by atoms with Crippen molar-refractivity contribution in [2.24, 2.45) is 0 Å². The van der Waals surface area contributed by atoms with Gasteiger partial charge < -0.3 is 9.26 Å². The largest absolute Gasteiger partial charge is 0.494 e. The quantitative estimate of drug-likeness (QED) is 0.244. The van der Waals surface area contributed by atoms with E-state index in [0.29, 0.717) is 34.2 Å². The maximum atomic E-state index is 13.3. The highest BCUT2D eigenvalue weighted by molar-refractivity contribution is 7.89. The second kappa shape index (κ2) is 10.7. The van der Waals surface area contributed by atoms with Crippen LogP contribution in [-0.2, 0) is 23.1 Å². The molecule has 0 aliphatic rings. The molecule has 9 nitrogen and oxygen atoms in total. The summed E-state index contributed by atoms with van der Waals surface area (Å²) in [5.74, 6) is 1.23. The molecule has 12 heteroatoms. The maximum absolute atomic E-state index is 13.3. The van der Waals surface area contributed by atoms with Crippen LogP contribution < -0.4 is 9.61 Å². The smallest absolute Gasteiger partial charge is 0.308 e. The summed E-state index contributed by atoms with van der Waals surface area (Å²) in [7, 11) is -2.47. The van der Waals surface area contributed by atoms with Gasteiger partial charge in [-0.2, -0.15) is 9.29 Å². The summed E-state index contributed by atoms with van der Waals surface area (Å²) >= 11 is 7.25. The van der Waals surface area contributed by atoms with Gasteiger partial charge in [-0.1, -0.05) is 46.3 Å². The molecule has 0 N–H and O–H groups in total. The van der Waals surface area contributed by atoms with E-state index in [-0.39, 0.29) is 22.2 Å². The highest BCUT2D eigenvalue weighted by atomic mass is 35.5. The van der Waals surface area contributed by atoms with Crippen LogP contribution in [0, 0.1) is 0 Å². The summed E-state index contributed by atoms with van der Waals surface area (Å²) in [6, 6.07) is 19.1. The van der Waals surface area contributed by atoms with Crippen LogP contribution in [0.5, 0.6) is 5.75 Å². The van der Waals surface area contributed by atoms with E-state index in [2.05, 4.69) is 10.1 Å². The lowest BCUT2D eigenvalue weighted by atomic mass is 10.2. The molecule has 2 aromatic heterocycles. The van der Waals surface area contributed by atoms with Crippen molar-refractivity contribution >= 4 is 43.2 Å². The number of nitrogens with zero attached hydrogens (tertiary/aromatic N) is 4. The van der Waals surface area contributed by atoms with E-state index in [1.807, 2.05) is 25.1 Å². The van der Waals surface area contributed by atoms with Gasteiger partial charge in [0.15, 0.2) is 0 Å². The molecule has 0 bridgehead atoms. The molecular formula is C26H23ClN4O5S2. The van der Waals surface area contributed by atoms with Crippen molar-refractivity contribution in [2.45, 2.75) is 24.9 Å². The lowest BCUT2D eigenvalue weighted by Gasteiger charge is -2.15. The van der Waals surface area contributed by atoms with E-state index in [4.69, 9.17) is 20.9 Å². The number of fused-ring (bicyclic) bond motifs is 1. The SMILES string of the molecule is CCOc1ccc(-c2noc(CN(C)S(=O)(=O)c3ccc4c(c3)sc(=O)n4Cc3ccccc3Cl)n2)cc1. The minimum atomic E-state index is -3.90. The van der Waals surface area contributed by atoms with Crippen LogP contribution in [0.3, 0.4) is 0 Å². The molecule has 0 aliphatic carbocycles. The molecule has 0 unspecified atom stereocenters. The Balaban J connectivity index is 1.35. The lowest BCUT2D eigenvalue weighted by Crippen LogP contribution is -2.26. The Bertz CT molecular complexity index is 1760. The number of halogens is 1. The molecule has 0 aliphatic heterocycles. The van der Waals surface area contributed by atoms with Crippen LogP contribution in [0.2, 0.25) is 5.02 Å². The fourth-order valence-corrected chi connectivity index (χ4v) is 6.26. The Labute approximate surface area is 227 Å². The topological polar surface area (TPSA) is 108 Å². The molecule has 3 aromatic carbocycles. The van der Waals surface area contributed by atoms with Gasteiger partial charge in [0.2, 0.25) is 21.7 Å². The Kier molecular flexibility index (Phi) is 7.35. The van der Waals surface area contributed by atoms with Crippen molar-refractivity contribution in [3.63, 3.8) is 0 Å². The van der Waals surface area contributed by atoms with Gasteiger partial charge in [-0.25, -0.2) is 8.42 Å². The average molecular weight is 571 g/mol. The lowest BCUT2D eigenvalue weighted by molar-refractivity contribution is 0.336. The number of rotatable bonds is 9. The highest BCUT2D eigenvalue weighted by Gasteiger charge is 2.24. The van der Waals surface area contributed by atoms with Crippen LogP contribution in [0.1, 0.15) is 18.4 Å². The summed E-state index contributed by atoms with van der Waals surface area (Å²) in [6.45, 7) is 2.64. The van der Waals surface area contributed by atoms with Gasteiger partial charge in [0.25, 0.3) is 0 Å². The number of hydrogen-bond acceptors (Lipinski definition) is 8. The molecule has 0 amide bonds. The number of sulfonamides is 1. The van der Waals surface area contributed by atoms with Crippen molar-refractivity contribution in [3.8, 4) is 17.1 Å². The first kappa shape index (κ1) is 26.1. The zero-order valence-corrected chi connectivity index (χ0v) is 22.9. The monoisotopic (exact) mass is 570 g/mol. The summed E-state index contributed by atoms with van der Waals surface area (Å²) in [4.78, 5) is 16.9. The molecule has 196 valence electrons. The van der Waals surface area contributed by atoms with Gasteiger partial charge in [0.05, 0.1) is 34.8 Å². The van der Waals surface area contributed by atoms with Gasteiger partial charge >= 0.3 is 4.87 Å². The minimum absolute atomic E-state index is 0.0601. The number of aromatic nitrogens is 3. The zero-order valence-electron chi connectivity index (χ0n) is 20.5. The van der Waals surface area contributed by atoms with Crippen molar-refractivity contribution in [3.05, 3.63) is 92.9 Å². The second-order valence-corrected chi connectivity index (χ2v) is 11.9. The molecule has 0 radical (unpaired) electrons. The molecule has 0 saturated heterocycles. The van der Waals surface area contributed by atoms with Gasteiger partial charge in [-0.3, -0.25) is 9.36 Å². The first-order valence-electron chi connectivity index (χ1n) is 11.6. The first-order valence-corrected chi connectivity index (χ1v) is 14.3. The van der Waals surface area contributed by atoms with E-state index in [9.17, 15) is 13.2 Å². The van der Waals surface area contributed by atoms with Crippen LogP contribution in [0.15, 0.2) is 80.9 Å². The molecule has 0 spiro atoms. The maximum Gasteiger partial charge on any atom is 0.308 e. The summed E-state index contributed by atoms with van der Waals surface area (Å²) < 4.78 is 40.6. The first-order chi connectivity index (χ1) is 18.3. The predicted octanol–water partition coefficient (Wildman–Crippen LogP) is 5.03. The fourth-order valence-electron chi connectivity index (χ4n) is 3.91. The predicted molar refractivity (Wildman–Crippen MR) is 146 cm³/mol. The molecule has 2 heterocycles.